The number of rotatable bonds is 3. The van der Waals surface area contributed by atoms with Gasteiger partial charge in [0.15, 0.2) is 11.5 Å². The lowest BCUT2D eigenvalue weighted by Crippen LogP contribution is -2.31. The molecule has 0 radical (unpaired) electrons. The average Bonchev–Trinajstić information content (AvgIpc) is 2.28. The third-order valence-corrected chi connectivity index (χ3v) is 3.02. The monoisotopic (exact) mass is 236 g/mol. The van der Waals surface area contributed by atoms with Gasteiger partial charge in [0.25, 0.3) is 0 Å². The minimum absolute atomic E-state index is 0.0921. The molecule has 3 nitrogen and oxygen atoms in total. The highest BCUT2D eigenvalue weighted by atomic mass is 16.5. The van der Waals surface area contributed by atoms with Gasteiger partial charge < -0.3 is 14.2 Å². The predicted octanol–water partition coefficient (Wildman–Crippen LogP) is 2.95. The summed E-state index contributed by atoms with van der Waals surface area (Å²) in [6, 6.07) is 4.11. The molecule has 0 aliphatic carbocycles. The van der Waals surface area contributed by atoms with E-state index >= 15 is 0 Å². The first-order valence-corrected chi connectivity index (χ1v) is 6.02. The van der Waals surface area contributed by atoms with Crippen LogP contribution < -0.4 is 9.47 Å². The van der Waals surface area contributed by atoms with E-state index in [1.165, 1.54) is 11.1 Å². The molecule has 0 atom stereocenters. The van der Waals surface area contributed by atoms with Gasteiger partial charge in [0.05, 0.1) is 25.9 Å². The Morgan fingerprint density at radius 2 is 1.94 bits per heavy atom. The van der Waals surface area contributed by atoms with Gasteiger partial charge in [-0.15, -0.1) is 0 Å². The van der Waals surface area contributed by atoms with Gasteiger partial charge in [-0.05, 0) is 44.0 Å². The molecule has 2 rings (SSSR count). The fraction of sp³-hybridized carbons (Fsp3) is 0.571. The fourth-order valence-corrected chi connectivity index (χ4v) is 2.15. The second kappa shape index (κ2) is 4.57. The Labute approximate surface area is 103 Å². The van der Waals surface area contributed by atoms with Crippen LogP contribution in [0.25, 0.3) is 0 Å². The van der Waals surface area contributed by atoms with E-state index in [4.69, 9.17) is 14.2 Å². The van der Waals surface area contributed by atoms with E-state index in [0.29, 0.717) is 13.2 Å². The quantitative estimate of drug-likeness (QED) is 0.807. The van der Waals surface area contributed by atoms with Gasteiger partial charge in [-0.1, -0.05) is 0 Å². The zero-order valence-electron chi connectivity index (χ0n) is 11.0. The summed E-state index contributed by atoms with van der Waals surface area (Å²) in [5.74, 6) is 1.61. The highest BCUT2D eigenvalue weighted by molar-refractivity contribution is 5.48. The summed E-state index contributed by atoms with van der Waals surface area (Å²) in [5.41, 5.74) is 2.40. The number of ether oxygens (including phenoxy) is 3. The van der Waals surface area contributed by atoms with Crippen LogP contribution >= 0.6 is 0 Å². The maximum Gasteiger partial charge on any atom is 0.161 e. The molecule has 0 saturated carbocycles. The third kappa shape index (κ3) is 2.55. The topological polar surface area (TPSA) is 27.7 Å². The van der Waals surface area contributed by atoms with Crippen LogP contribution in [-0.2, 0) is 17.8 Å². The molecule has 94 valence electrons. The summed E-state index contributed by atoms with van der Waals surface area (Å²) in [5, 5.41) is 0. The largest absolute Gasteiger partial charge is 0.493 e. The lowest BCUT2D eigenvalue weighted by Gasteiger charge is -2.32. The average molecular weight is 236 g/mol. The van der Waals surface area contributed by atoms with Crippen molar-refractivity contribution in [3.63, 3.8) is 0 Å². The normalized spacial score (nSPS) is 17.4. The van der Waals surface area contributed by atoms with Crippen LogP contribution in [0.5, 0.6) is 11.5 Å². The van der Waals surface area contributed by atoms with E-state index in [0.717, 1.165) is 17.9 Å². The van der Waals surface area contributed by atoms with E-state index < -0.39 is 0 Å². The van der Waals surface area contributed by atoms with Crippen molar-refractivity contribution in [3.05, 3.63) is 23.3 Å². The van der Waals surface area contributed by atoms with Crippen molar-refractivity contribution in [2.45, 2.75) is 39.4 Å². The molecule has 1 aromatic rings. The van der Waals surface area contributed by atoms with Crippen LogP contribution in [0.4, 0.5) is 0 Å². The van der Waals surface area contributed by atoms with Gasteiger partial charge in [0.1, 0.15) is 0 Å². The number of hydrogen-bond acceptors (Lipinski definition) is 3. The second-order valence-corrected chi connectivity index (χ2v) is 4.93. The molecule has 0 aromatic heterocycles. The number of methoxy groups -OCH3 is 1. The molecule has 17 heavy (non-hydrogen) atoms. The summed E-state index contributed by atoms with van der Waals surface area (Å²) in [7, 11) is 1.68. The van der Waals surface area contributed by atoms with Crippen LogP contribution in [-0.4, -0.2) is 19.3 Å². The molecule has 1 heterocycles. The van der Waals surface area contributed by atoms with Crippen molar-refractivity contribution in [1.82, 2.24) is 0 Å². The number of benzene rings is 1. The maximum absolute atomic E-state index is 5.80. The molecule has 3 heteroatoms. The van der Waals surface area contributed by atoms with Gasteiger partial charge >= 0.3 is 0 Å². The predicted molar refractivity (Wildman–Crippen MR) is 66.7 cm³/mol. The highest BCUT2D eigenvalue weighted by Crippen LogP contribution is 2.36. The standard InChI is InChI=1S/C14H20O3/c1-5-16-13-7-11-9-17-14(2,3)8-10(11)6-12(13)15-4/h6-7H,5,8-9H2,1-4H3. The molecule has 0 saturated heterocycles. The summed E-state index contributed by atoms with van der Waals surface area (Å²) >= 11 is 0. The van der Waals surface area contributed by atoms with Gasteiger partial charge in [-0.3, -0.25) is 0 Å². The highest BCUT2D eigenvalue weighted by Gasteiger charge is 2.27. The number of fused-ring (bicyclic) bond motifs is 1. The molecule has 1 aliphatic rings. The van der Waals surface area contributed by atoms with Crippen molar-refractivity contribution in [3.8, 4) is 11.5 Å². The zero-order valence-corrected chi connectivity index (χ0v) is 11.0. The molecule has 1 aliphatic heterocycles. The number of hydrogen-bond donors (Lipinski definition) is 0. The van der Waals surface area contributed by atoms with Gasteiger partial charge in [-0.2, -0.15) is 0 Å². The summed E-state index contributed by atoms with van der Waals surface area (Å²) < 4.78 is 16.7. The molecule has 0 amide bonds. The first-order chi connectivity index (χ1) is 8.05. The molecule has 0 bridgehead atoms. The van der Waals surface area contributed by atoms with E-state index in [1.807, 2.05) is 13.0 Å². The summed E-state index contributed by atoms with van der Waals surface area (Å²) in [6.07, 6.45) is 0.908. The van der Waals surface area contributed by atoms with Crippen molar-refractivity contribution < 1.29 is 14.2 Å². The Hall–Kier alpha value is -1.22. The van der Waals surface area contributed by atoms with E-state index in [9.17, 15) is 0 Å². The first-order valence-electron chi connectivity index (χ1n) is 6.02. The minimum Gasteiger partial charge on any atom is -0.493 e. The lowest BCUT2D eigenvalue weighted by molar-refractivity contribution is -0.0402. The SMILES string of the molecule is CCOc1cc2c(cc1OC)CC(C)(C)OC2. The first kappa shape index (κ1) is 12.2. The van der Waals surface area contributed by atoms with Gasteiger partial charge in [-0.25, -0.2) is 0 Å². The Bertz CT molecular complexity index is 410. The van der Waals surface area contributed by atoms with E-state index in [1.54, 1.807) is 7.11 Å². The van der Waals surface area contributed by atoms with Crippen LogP contribution in [0, 0.1) is 0 Å². The van der Waals surface area contributed by atoms with E-state index in [-0.39, 0.29) is 5.60 Å². The Morgan fingerprint density at radius 3 is 2.59 bits per heavy atom. The van der Waals surface area contributed by atoms with Crippen molar-refractivity contribution in [2.24, 2.45) is 0 Å². The van der Waals surface area contributed by atoms with Crippen LogP contribution in [0.1, 0.15) is 31.9 Å². The second-order valence-electron chi connectivity index (χ2n) is 4.93. The molecule has 1 aromatic carbocycles. The Kier molecular flexibility index (Phi) is 3.29. The zero-order chi connectivity index (χ0) is 12.5. The summed E-state index contributed by atoms with van der Waals surface area (Å²) in [6.45, 7) is 7.48. The Morgan fingerprint density at radius 1 is 1.24 bits per heavy atom. The molecule has 0 fully saturated rings. The molecular formula is C14H20O3. The molecule has 0 N–H and O–H groups in total. The van der Waals surface area contributed by atoms with Gasteiger partial charge in [0.2, 0.25) is 0 Å². The molecule has 0 unspecified atom stereocenters. The lowest BCUT2D eigenvalue weighted by atomic mass is 9.91. The van der Waals surface area contributed by atoms with Crippen LogP contribution in [0.3, 0.4) is 0 Å². The van der Waals surface area contributed by atoms with Crippen molar-refractivity contribution in [1.29, 1.82) is 0 Å². The Balaban J connectivity index is 2.37. The maximum atomic E-state index is 5.80. The third-order valence-electron chi connectivity index (χ3n) is 3.02. The van der Waals surface area contributed by atoms with Gasteiger partial charge in [0, 0.05) is 6.42 Å². The smallest absolute Gasteiger partial charge is 0.161 e. The summed E-state index contributed by atoms with van der Waals surface area (Å²) in [4.78, 5) is 0. The van der Waals surface area contributed by atoms with Crippen molar-refractivity contribution >= 4 is 0 Å². The van der Waals surface area contributed by atoms with Crippen LogP contribution in [0.15, 0.2) is 12.1 Å². The minimum atomic E-state index is -0.0921. The van der Waals surface area contributed by atoms with Crippen molar-refractivity contribution in [2.75, 3.05) is 13.7 Å². The van der Waals surface area contributed by atoms with E-state index in [2.05, 4.69) is 19.9 Å². The molecular weight excluding hydrogens is 216 g/mol. The molecule has 0 spiro atoms. The fourth-order valence-electron chi connectivity index (χ4n) is 2.15. The van der Waals surface area contributed by atoms with Crippen LogP contribution in [0.2, 0.25) is 0 Å².